The molecule has 1 aliphatic heterocycles. The summed E-state index contributed by atoms with van der Waals surface area (Å²) in [7, 11) is 0. The van der Waals surface area contributed by atoms with Gasteiger partial charge in [-0.3, -0.25) is 0 Å². The van der Waals surface area contributed by atoms with Crippen molar-refractivity contribution in [2.24, 2.45) is 5.92 Å². The minimum absolute atomic E-state index is 0.107. The Morgan fingerprint density at radius 1 is 1.41 bits per heavy atom. The van der Waals surface area contributed by atoms with E-state index in [9.17, 15) is 4.39 Å². The third kappa shape index (κ3) is 5.14. The molecule has 1 fully saturated rings. The maximum absolute atomic E-state index is 14.0. The molecular formula is C16H27FN2O3. The molecule has 2 atom stereocenters. The first kappa shape index (κ1) is 17.6. The molecule has 0 bridgehead atoms. The smallest absolute Gasteiger partial charge is 0.149 e. The molecule has 1 heterocycles. The summed E-state index contributed by atoms with van der Waals surface area (Å²) in [6.45, 7) is 9.37. The molecule has 126 valence electrons. The van der Waals surface area contributed by atoms with Crippen molar-refractivity contribution in [2.45, 2.75) is 45.8 Å². The molecule has 0 spiro atoms. The van der Waals surface area contributed by atoms with E-state index in [0.717, 1.165) is 5.57 Å². The summed E-state index contributed by atoms with van der Waals surface area (Å²) in [6.07, 6.45) is 4.30. The molecule has 0 amide bonds. The van der Waals surface area contributed by atoms with Gasteiger partial charge in [0.15, 0.2) is 0 Å². The van der Waals surface area contributed by atoms with E-state index in [4.69, 9.17) is 14.2 Å². The standard InChI is InChI=1S/C16H27FN2O3/c1-5-12-6-13-8-20-9-19(18-15(13)7-14(12)17)10-21-11-22-16(2,3)4/h6-7,13,15,18H,5,8-11H2,1-4H3. The third-order valence-electron chi connectivity index (χ3n) is 3.60. The number of nitrogens with one attached hydrogen (secondary N) is 1. The van der Waals surface area contributed by atoms with Gasteiger partial charge in [0.1, 0.15) is 26.1 Å². The van der Waals surface area contributed by atoms with Crippen molar-refractivity contribution in [3.63, 3.8) is 0 Å². The number of nitrogens with zero attached hydrogens (tertiary/aromatic N) is 1. The van der Waals surface area contributed by atoms with Gasteiger partial charge in [0.25, 0.3) is 0 Å². The number of halogens is 1. The highest BCUT2D eigenvalue weighted by molar-refractivity contribution is 5.32. The second kappa shape index (κ2) is 7.66. The van der Waals surface area contributed by atoms with Gasteiger partial charge in [0.2, 0.25) is 0 Å². The maximum atomic E-state index is 14.0. The average molecular weight is 314 g/mol. The van der Waals surface area contributed by atoms with Crippen molar-refractivity contribution in [1.82, 2.24) is 10.4 Å². The van der Waals surface area contributed by atoms with E-state index in [1.165, 1.54) is 0 Å². The number of hydrogen-bond donors (Lipinski definition) is 1. The second-order valence-corrected chi connectivity index (χ2v) is 6.63. The number of allylic oxidation sites excluding steroid dienone is 2. The SMILES string of the molecule is CCC1=CC2COCN(COCOC(C)(C)C)NC2C=C1F. The van der Waals surface area contributed by atoms with E-state index in [2.05, 4.69) is 5.43 Å². The summed E-state index contributed by atoms with van der Waals surface area (Å²) in [4.78, 5) is 0. The van der Waals surface area contributed by atoms with E-state index in [1.54, 1.807) is 11.1 Å². The normalized spacial score (nSPS) is 27.0. The van der Waals surface area contributed by atoms with Crippen molar-refractivity contribution < 1.29 is 18.6 Å². The summed E-state index contributed by atoms with van der Waals surface area (Å²) in [5, 5.41) is 1.80. The summed E-state index contributed by atoms with van der Waals surface area (Å²) in [5.41, 5.74) is 3.78. The number of hydrazine groups is 1. The van der Waals surface area contributed by atoms with Gasteiger partial charge in [-0.2, -0.15) is 5.01 Å². The molecule has 2 rings (SSSR count). The number of fused-ring (bicyclic) bond motifs is 1. The Labute approximate surface area is 132 Å². The number of rotatable bonds is 5. The Hall–Kier alpha value is -0.790. The van der Waals surface area contributed by atoms with Crippen LogP contribution >= 0.6 is 0 Å². The molecule has 1 N–H and O–H groups in total. The number of ether oxygens (including phenoxy) is 3. The van der Waals surface area contributed by atoms with Gasteiger partial charge in [-0.25, -0.2) is 9.82 Å². The molecule has 1 aliphatic carbocycles. The monoisotopic (exact) mass is 314 g/mol. The van der Waals surface area contributed by atoms with Gasteiger partial charge in [-0.05, 0) is 38.8 Å². The van der Waals surface area contributed by atoms with E-state index in [1.807, 2.05) is 33.8 Å². The first-order valence-corrected chi connectivity index (χ1v) is 7.78. The fourth-order valence-electron chi connectivity index (χ4n) is 2.39. The summed E-state index contributed by atoms with van der Waals surface area (Å²) in [5.74, 6) is 0.000333. The Morgan fingerprint density at radius 2 is 2.18 bits per heavy atom. The zero-order chi connectivity index (χ0) is 16.2. The van der Waals surface area contributed by atoms with E-state index in [-0.39, 0.29) is 30.2 Å². The van der Waals surface area contributed by atoms with Crippen molar-refractivity contribution in [3.05, 3.63) is 23.6 Å². The Kier molecular flexibility index (Phi) is 6.11. The van der Waals surface area contributed by atoms with E-state index >= 15 is 0 Å². The molecule has 0 aromatic heterocycles. The molecule has 22 heavy (non-hydrogen) atoms. The van der Waals surface area contributed by atoms with Gasteiger partial charge in [-0.1, -0.05) is 13.0 Å². The lowest BCUT2D eigenvalue weighted by atomic mass is 9.91. The molecular weight excluding hydrogens is 287 g/mol. The van der Waals surface area contributed by atoms with Crippen molar-refractivity contribution in [2.75, 3.05) is 26.9 Å². The van der Waals surface area contributed by atoms with Crippen LogP contribution in [0, 0.1) is 5.92 Å². The van der Waals surface area contributed by atoms with Gasteiger partial charge < -0.3 is 14.2 Å². The molecule has 0 radical (unpaired) electrons. The van der Waals surface area contributed by atoms with Crippen molar-refractivity contribution >= 4 is 0 Å². The largest absolute Gasteiger partial charge is 0.364 e. The summed E-state index contributed by atoms with van der Waals surface area (Å²) in [6, 6.07) is -0.107. The molecule has 2 aliphatic rings. The van der Waals surface area contributed by atoms with Crippen LogP contribution in [0.25, 0.3) is 0 Å². The highest BCUT2D eigenvalue weighted by atomic mass is 19.1. The van der Waals surface area contributed by atoms with Crippen molar-refractivity contribution in [3.8, 4) is 0 Å². The molecule has 5 nitrogen and oxygen atoms in total. The van der Waals surface area contributed by atoms with Gasteiger partial charge >= 0.3 is 0 Å². The van der Waals surface area contributed by atoms with Crippen LogP contribution in [0.3, 0.4) is 0 Å². The van der Waals surface area contributed by atoms with Crippen LogP contribution in [-0.2, 0) is 14.2 Å². The maximum Gasteiger partial charge on any atom is 0.149 e. The van der Waals surface area contributed by atoms with Crippen molar-refractivity contribution in [1.29, 1.82) is 0 Å². The molecule has 0 aromatic rings. The quantitative estimate of drug-likeness (QED) is 0.624. The first-order chi connectivity index (χ1) is 10.4. The van der Waals surface area contributed by atoms with Crippen LogP contribution in [0.15, 0.2) is 23.6 Å². The predicted molar refractivity (Wildman–Crippen MR) is 82.3 cm³/mol. The topological polar surface area (TPSA) is 43.0 Å². The summed E-state index contributed by atoms with van der Waals surface area (Å²) >= 11 is 0. The van der Waals surface area contributed by atoms with E-state index < -0.39 is 0 Å². The highest BCUT2D eigenvalue weighted by Crippen LogP contribution is 2.27. The Morgan fingerprint density at radius 3 is 2.86 bits per heavy atom. The zero-order valence-electron chi connectivity index (χ0n) is 13.9. The lowest BCUT2D eigenvalue weighted by molar-refractivity contribution is -0.157. The lowest BCUT2D eigenvalue weighted by Crippen LogP contribution is -2.47. The van der Waals surface area contributed by atoms with Gasteiger partial charge in [0.05, 0.1) is 18.2 Å². The Bertz CT molecular complexity index is 432. The van der Waals surface area contributed by atoms with E-state index in [0.29, 0.717) is 26.5 Å². The average Bonchev–Trinajstić information content (AvgIpc) is 2.63. The Balaban J connectivity index is 1.84. The molecule has 0 saturated carbocycles. The number of hydrogen-bond acceptors (Lipinski definition) is 5. The summed E-state index contributed by atoms with van der Waals surface area (Å²) < 4.78 is 30.6. The minimum Gasteiger partial charge on any atom is -0.364 e. The van der Waals surface area contributed by atoms with Gasteiger partial charge in [0, 0.05) is 5.92 Å². The molecule has 1 saturated heterocycles. The van der Waals surface area contributed by atoms with Crippen LogP contribution in [-0.4, -0.2) is 43.5 Å². The minimum atomic E-state index is -0.232. The van der Waals surface area contributed by atoms with Crippen LogP contribution in [0.2, 0.25) is 0 Å². The fraction of sp³-hybridized carbons (Fsp3) is 0.750. The lowest BCUT2D eigenvalue weighted by Gasteiger charge is -2.28. The highest BCUT2D eigenvalue weighted by Gasteiger charge is 2.29. The fourth-order valence-corrected chi connectivity index (χ4v) is 2.39. The second-order valence-electron chi connectivity index (χ2n) is 6.63. The molecule has 6 heteroatoms. The first-order valence-electron chi connectivity index (χ1n) is 7.78. The molecule has 0 aromatic carbocycles. The van der Waals surface area contributed by atoms with Crippen LogP contribution in [0.5, 0.6) is 0 Å². The van der Waals surface area contributed by atoms with Crippen LogP contribution in [0.4, 0.5) is 4.39 Å². The van der Waals surface area contributed by atoms with Crippen LogP contribution < -0.4 is 5.43 Å². The predicted octanol–water partition coefficient (Wildman–Crippen LogP) is 2.72. The molecule has 2 unspecified atom stereocenters. The third-order valence-corrected chi connectivity index (χ3v) is 3.60. The zero-order valence-corrected chi connectivity index (χ0v) is 13.9. The van der Waals surface area contributed by atoms with Gasteiger partial charge in [-0.15, -0.1) is 0 Å². The van der Waals surface area contributed by atoms with Crippen LogP contribution in [0.1, 0.15) is 34.1 Å².